The Morgan fingerprint density at radius 3 is 2.83 bits per heavy atom. The summed E-state index contributed by atoms with van der Waals surface area (Å²) in [6.07, 6.45) is 4.21. The number of nitrogens with zero attached hydrogens (tertiary/aromatic N) is 5. The third kappa shape index (κ3) is 3.42. The monoisotopic (exact) mass is 327 g/mol. The molecule has 0 aliphatic heterocycles. The van der Waals surface area contributed by atoms with Crippen LogP contribution in [0.15, 0.2) is 17.1 Å². The van der Waals surface area contributed by atoms with Gasteiger partial charge in [0, 0.05) is 38.2 Å². The predicted octanol–water partition coefficient (Wildman–Crippen LogP) is 1.36. The van der Waals surface area contributed by atoms with Gasteiger partial charge in [-0.1, -0.05) is 6.92 Å². The van der Waals surface area contributed by atoms with Crippen molar-refractivity contribution in [2.75, 3.05) is 11.9 Å². The van der Waals surface area contributed by atoms with Crippen LogP contribution < -0.4 is 10.9 Å². The number of H-pyrrole nitrogens is 1. The Kier molecular flexibility index (Phi) is 4.54. The molecule has 0 fully saturated rings. The molecule has 0 saturated heterocycles. The van der Waals surface area contributed by atoms with E-state index in [1.165, 1.54) is 6.07 Å². The van der Waals surface area contributed by atoms with E-state index in [9.17, 15) is 4.79 Å². The van der Waals surface area contributed by atoms with Gasteiger partial charge in [-0.25, -0.2) is 15.0 Å². The molecule has 0 aromatic carbocycles. The molecular formula is C16H21N7O. The normalized spacial score (nSPS) is 11.1. The Hall–Kier alpha value is -2.77. The molecule has 8 heteroatoms. The molecule has 126 valence electrons. The molecule has 0 radical (unpaired) electrons. The van der Waals surface area contributed by atoms with Crippen LogP contribution in [0.2, 0.25) is 0 Å². The summed E-state index contributed by atoms with van der Waals surface area (Å²) in [6, 6.07) is 1.52. The number of aromatic amines is 1. The van der Waals surface area contributed by atoms with Gasteiger partial charge in [-0.3, -0.25) is 9.48 Å². The fourth-order valence-electron chi connectivity index (χ4n) is 2.62. The predicted molar refractivity (Wildman–Crippen MR) is 92.1 cm³/mol. The summed E-state index contributed by atoms with van der Waals surface area (Å²) in [7, 11) is 1.87. The molecule has 3 rings (SSSR count). The third-order valence-electron chi connectivity index (χ3n) is 3.70. The quantitative estimate of drug-likeness (QED) is 0.709. The van der Waals surface area contributed by atoms with Crippen LogP contribution in [0.5, 0.6) is 0 Å². The van der Waals surface area contributed by atoms with Gasteiger partial charge in [0.1, 0.15) is 17.5 Å². The molecule has 8 nitrogen and oxygen atoms in total. The Bertz CT molecular complexity index is 912. The van der Waals surface area contributed by atoms with Crippen LogP contribution in [0.4, 0.5) is 5.82 Å². The van der Waals surface area contributed by atoms with E-state index in [2.05, 4.69) is 37.3 Å². The highest BCUT2D eigenvalue weighted by Crippen LogP contribution is 2.20. The molecule has 3 aromatic rings. The van der Waals surface area contributed by atoms with Crippen molar-refractivity contribution in [3.8, 4) is 0 Å². The van der Waals surface area contributed by atoms with Crippen molar-refractivity contribution in [3.05, 3.63) is 40.0 Å². The Balaban J connectivity index is 1.80. The van der Waals surface area contributed by atoms with Crippen LogP contribution in [0.25, 0.3) is 11.0 Å². The largest absolute Gasteiger partial charge is 0.369 e. The summed E-state index contributed by atoms with van der Waals surface area (Å²) >= 11 is 0. The molecule has 0 saturated carbocycles. The second kappa shape index (κ2) is 6.77. The van der Waals surface area contributed by atoms with Crippen LogP contribution in [0.3, 0.4) is 0 Å². The number of aryl methyl sites for hydroxylation is 3. The number of hydrogen-bond donors (Lipinski definition) is 2. The van der Waals surface area contributed by atoms with E-state index in [-0.39, 0.29) is 5.56 Å². The highest BCUT2D eigenvalue weighted by molar-refractivity contribution is 5.86. The van der Waals surface area contributed by atoms with E-state index in [0.29, 0.717) is 18.8 Å². The highest BCUT2D eigenvalue weighted by Gasteiger charge is 2.11. The molecule has 2 N–H and O–H groups in total. The minimum absolute atomic E-state index is 0.126. The average Bonchev–Trinajstić information content (AvgIpc) is 2.88. The summed E-state index contributed by atoms with van der Waals surface area (Å²) < 4.78 is 1.75. The smallest absolute Gasteiger partial charge is 0.251 e. The zero-order valence-electron chi connectivity index (χ0n) is 14.1. The highest BCUT2D eigenvalue weighted by atomic mass is 16.1. The van der Waals surface area contributed by atoms with E-state index in [1.54, 1.807) is 17.8 Å². The zero-order chi connectivity index (χ0) is 17.1. The first-order valence-corrected chi connectivity index (χ1v) is 8.06. The maximum absolute atomic E-state index is 11.5. The van der Waals surface area contributed by atoms with E-state index in [4.69, 9.17) is 0 Å². The molecule has 0 spiro atoms. The second-order valence-electron chi connectivity index (χ2n) is 5.74. The summed E-state index contributed by atoms with van der Waals surface area (Å²) in [6.45, 7) is 4.51. The lowest BCUT2D eigenvalue weighted by Gasteiger charge is -2.09. The number of aromatic nitrogens is 6. The van der Waals surface area contributed by atoms with E-state index in [0.717, 1.165) is 41.2 Å². The van der Waals surface area contributed by atoms with Crippen LogP contribution in [0, 0.1) is 6.92 Å². The molecule has 0 aliphatic carbocycles. The molecule has 3 heterocycles. The van der Waals surface area contributed by atoms with Gasteiger partial charge >= 0.3 is 0 Å². The van der Waals surface area contributed by atoms with Crippen molar-refractivity contribution in [3.63, 3.8) is 0 Å². The Morgan fingerprint density at radius 2 is 2.08 bits per heavy atom. The third-order valence-corrected chi connectivity index (χ3v) is 3.70. The maximum Gasteiger partial charge on any atom is 0.251 e. The number of rotatable bonds is 6. The minimum atomic E-state index is -0.126. The summed E-state index contributed by atoms with van der Waals surface area (Å²) in [5.74, 6) is 2.21. The lowest BCUT2D eigenvalue weighted by Crippen LogP contribution is -2.14. The Labute approximate surface area is 139 Å². The molecule has 0 amide bonds. The van der Waals surface area contributed by atoms with Crippen molar-refractivity contribution < 1.29 is 0 Å². The standard InChI is InChI=1S/C16H21N7O/c1-4-5-13-21-15(12-9-18-23(3)16(12)22-13)17-7-6-11-8-14(24)20-10(2)19-11/h8-9H,4-7H2,1-3H3,(H,17,21,22)(H,19,20,24). The van der Waals surface area contributed by atoms with Crippen LogP contribution in [-0.2, 0) is 19.9 Å². The summed E-state index contributed by atoms with van der Waals surface area (Å²) in [5.41, 5.74) is 1.45. The van der Waals surface area contributed by atoms with Gasteiger partial charge in [-0.2, -0.15) is 5.10 Å². The molecular weight excluding hydrogens is 306 g/mol. The minimum Gasteiger partial charge on any atom is -0.369 e. The molecule has 0 unspecified atom stereocenters. The van der Waals surface area contributed by atoms with Crippen LogP contribution >= 0.6 is 0 Å². The lowest BCUT2D eigenvalue weighted by molar-refractivity contribution is 0.772. The molecule has 0 atom stereocenters. The summed E-state index contributed by atoms with van der Waals surface area (Å²) in [4.78, 5) is 27.6. The van der Waals surface area contributed by atoms with Crippen molar-refractivity contribution in [2.45, 2.75) is 33.1 Å². The maximum atomic E-state index is 11.5. The van der Waals surface area contributed by atoms with Crippen molar-refractivity contribution >= 4 is 16.9 Å². The van der Waals surface area contributed by atoms with Crippen LogP contribution in [0.1, 0.15) is 30.7 Å². The van der Waals surface area contributed by atoms with E-state index >= 15 is 0 Å². The molecule has 0 bridgehead atoms. The second-order valence-corrected chi connectivity index (χ2v) is 5.74. The van der Waals surface area contributed by atoms with E-state index in [1.807, 2.05) is 7.05 Å². The first-order chi connectivity index (χ1) is 11.6. The van der Waals surface area contributed by atoms with E-state index < -0.39 is 0 Å². The van der Waals surface area contributed by atoms with Gasteiger partial charge in [0.25, 0.3) is 5.56 Å². The van der Waals surface area contributed by atoms with Gasteiger partial charge in [0.15, 0.2) is 5.65 Å². The molecule has 0 aliphatic rings. The van der Waals surface area contributed by atoms with Gasteiger partial charge in [-0.05, 0) is 13.3 Å². The Morgan fingerprint density at radius 1 is 1.25 bits per heavy atom. The molecule has 24 heavy (non-hydrogen) atoms. The van der Waals surface area contributed by atoms with Crippen molar-refractivity contribution in [2.24, 2.45) is 7.05 Å². The zero-order valence-corrected chi connectivity index (χ0v) is 14.1. The fourth-order valence-corrected chi connectivity index (χ4v) is 2.62. The van der Waals surface area contributed by atoms with Crippen molar-refractivity contribution in [1.29, 1.82) is 0 Å². The number of hydrogen-bond acceptors (Lipinski definition) is 6. The first-order valence-electron chi connectivity index (χ1n) is 8.06. The number of fused-ring (bicyclic) bond motifs is 1. The lowest BCUT2D eigenvalue weighted by atomic mass is 10.2. The number of anilines is 1. The van der Waals surface area contributed by atoms with Gasteiger partial charge in [0.05, 0.1) is 11.6 Å². The average molecular weight is 327 g/mol. The van der Waals surface area contributed by atoms with Gasteiger partial charge in [0.2, 0.25) is 0 Å². The SMILES string of the molecule is CCCc1nc(NCCc2cc(=O)[nH]c(C)n2)c2cnn(C)c2n1. The van der Waals surface area contributed by atoms with Gasteiger partial charge in [-0.15, -0.1) is 0 Å². The fraction of sp³-hybridized carbons (Fsp3) is 0.438. The first kappa shape index (κ1) is 16.1. The molecule has 3 aromatic heterocycles. The van der Waals surface area contributed by atoms with Gasteiger partial charge < -0.3 is 10.3 Å². The number of nitrogens with one attached hydrogen (secondary N) is 2. The topological polar surface area (TPSA) is 101 Å². The van der Waals surface area contributed by atoms with Crippen molar-refractivity contribution in [1.82, 2.24) is 29.7 Å². The summed E-state index contributed by atoms with van der Waals surface area (Å²) in [5, 5.41) is 8.49. The van der Waals surface area contributed by atoms with Crippen LogP contribution in [-0.4, -0.2) is 36.3 Å².